The van der Waals surface area contributed by atoms with Crippen LogP contribution in [0.1, 0.15) is 24.9 Å². The second kappa shape index (κ2) is 8.14. The molecule has 0 spiro atoms. The van der Waals surface area contributed by atoms with Gasteiger partial charge in [0.05, 0.1) is 0 Å². The first kappa shape index (κ1) is 15.0. The molecule has 1 aromatic carbocycles. The van der Waals surface area contributed by atoms with Crippen LogP contribution in [-0.4, -0.2) is 29.8 Å². The second-order valence-corrected chi connectivity index (χ2v) is 5.93. The summed E-state index contributed by atoms with van der Waals surface area (Å²) in [5.74, 6) is 1.03. The molecule has 0 aromatic heterocycles. The van der Waals surface area contributed by atoms with Crippen LogP contribution < -0.4 is 5.32 Å². The molecule has 0 aliphatic heterocycles. The molecule has 2 atom stereocenters. The first-order valence-corrected chi connectivity index (χ1v) is 7.97. The Morgan fingerprint density at radius 1 is 1.47 bits per heavy atom. The molecule has 1 rings (SSSR count). The Kier molecular flexibility index (Phi) is 7.19. The van der Waals surface area contributed by atoms with Crippen LogP contribution in [0, 0.1) is 0 Å². The highest BCUT2D eigenvalue weighted by atomic mass is 79.9. The van der Waals surface area contributed by atoms with E-state index in [1.807, 2.05) is 23.9 Å². The third kappa shape index (κ3) is 5.42. The predicted molar refractivity (Wildman–Crippen MR) is 79.6 cm³/mol. The van der Waals surface area contributed by atoms with Crippen LogP contribution in [-0.2, 0) is 0 Å². The van der Waals surface area contributed by atoms with E-state index < -0.39 is 0 Å². The van der Waals surface area contributed by atoms with Crippen molar-refractivity contribution in [2.75, 3.05) is 18.6 Å². The fraction of sp³-hybridized carbons (Fsp3) is 0.538. The van der Waals surface area contributed by atoms with Crippen molar-refractivity contribution in [2.45, 2.75) is 25.4 Å². The fourth-order valence-corrected chi connectivity index (χ4v) is 2.88. The standard InChI is InChI=1S/C13H20BrNOS/c1-10(11-4-3-5-12(14)8-11)15-13(6-7-16)9-17-2/h3-5,8,10,13,15-16H,6-7,9H2,1-2H3. The Morgan fingerprint density at radius 2 is 2.24 bits per heavy atom. The summed E-state index contributed by atoms with van der Waals surface area (Å²) in [5.41, 5.74) is 1.27. The van der Waals surface area contributed by atoms with E-state index >= 15 is 0 Å². The normalized spacial score (nSPS) is 14.6. The Labute approximate surface area is 116 Å². The Balaban J connectivity index is 2.59. The van der Waals surface area contributed by atoms with Crippen LogP contribution in [0.5, 0.6) is 0 Å². The molecule has 1 aromatic rings. The summed E-state index contributed by atoms with van der Waals surface area (Å²) < 4.78 is 1.10. The van der Waals surface area contributed by atoms with E-state index in [4.69, 9.17) is 5.11 Å². The molecule has 0 aliphatic carbocycles. The van der Waals surface area contributed by atoms with Gasteiger partial charge < -0.3 is 10.4 Å². The number of aliphatic hydroxyl groups is 1. The molecule has 0 heterocycles. The number of nitrogens with one attached hydrogen (secondary N) is 1. The molecule has 0 aliphatic rings. The van der Waals surface area contributed by atoms with Crippen molar-refractivity contribution in [1.82, 2.24) is 5.32 Å². The van der Waals surface area contributed by atoms with Gasteiger partial charge in [0.15, 0.2) is 0 Å². The van der Waals surface area contributed by atoms with E-state index in [1.54, 1.807) is 0 Å². The number of aliphatic hydroxyl groups excluding tert-OH is 1. The summed E-state index contributed by atoms with van der Waals surface area (Å²) >= 11 is 5.29. The van der Waals surface area contributed by atoms with Crippen LogP contribution in [0.2, 0.25) is 0 Å². The number of halogens is 1. The summed E-state index contributed by atoms with van der Waals surface area (Å²) in [6, 6.07) is 9.00. The van der Waals surface area contributed by atoms with Crippen molar-refractivity contribution >= 4 is 27.7 Å². The average Bonchev–Trinajstić information content (AvgIpc) is 2.29. The first-order chi connectivity index (χ1) is 8.17. The van der Waals surface area contributed by atoms with Gasteiger partial charge in [-0.2, -0.15) is 11.8 Å². The van der Waals surface area contributed by atoms with Crippen LogP contribution in [0.4, 0.5) is 0 Å². The van der Waals surface area contributed by atoms with E-state index in [0.29, 0.717) is 12.1 Å². The molecule has 17 heavy (non-hydrogen) atoms. The zero-order chi connectivity index (χ0) is 12.7. The Hall–Kier alpha value is -0.0300. The smallest absolute Gasteiger partial charge is 0.0446 e. The van der Waals surface area contributed by atoms with Gasteiger partial charge in [0.25, 0.3) is 0 Å². The van der Waals surface area contributed by atoms with Gasteiger partial charge in [0.1, 0.15) is 0 Å². The molecule has 2 unspecified atom stereocenters. The molecule has 4 heteroatoms. The van der Waals surface area contributed by atoms with Crippen LogP contribution in [0.15, 0.2) is 28.7 Å². The number of rotatable bonds is 7. The van der Waals surface area contributed by atoms with Crippen LogP contribution in [0.25, 0.3) is 0 Å². The van der Waals surface area contributed by atoms with Gasteiger partial charge in [-0.3, -0.25) is 0 Å². The van der Waals surface area contributed by atoms with Gasteiger partial charge in [0, 0.05) is 28.9 Å². The minimum Gasteiger partial charge on any atom is -0.396 e. The lowest BCUT2D eigenvalue weighted by atomic mass is 10.1. The van der Waals surface area contributed by atoms with Gasteiger partial charge in [-0.1, -0.05) is 28.1 Å². The monoisotopic (exact) mass is 317 g/mol. The van der Waals surface area contributed by atoms with E-state index in [9.17, 15) is 0 Å². The summed E-state index contributed by atoms with van der Waals surface area (Å²) in [6.07, 6.45) is 2.90. The molecule has 0 saturated heterocycles. The molecular weight excluding hydrogens is 298 g/mol. The quantitative estimate of drug-likeness (QED) is 0.810. The SMILES string of the molecule is CSCC(CCO)NC(C)c1cccc(Br)c1. The minimum absolute atomic E-state index is 0.240. The van der Waals surface area contributed by atoms with Crippen molar-refractivity contribution < 1.29 is 5.11 Å². The number of benzene rings is 1. The number of hydrogen-bond acceptors (Lipinski definition) is 3. The minimum atomic E-state index is 0.240. The van der Waals surface area contributed by atoms with E-state index in [0.717, 1.165) is 16.6 Å². The summed E-state index contributed by atoms with van der Waals surface area (Å²) in [5, 5.41) is 12.6. The molecule has 0 bridgehead atoms. The fourth-order valence-electron chi connectivity index (χ4n) is 1.80. The summed E-state index contributed by atoms with van der Waals surface area (Å²) in [7, 11) is 0. The lowest BCUT2D eigenvalue weighted by Crippen LogP contribution is -2.34. The average molecular weight is 318 g/mol. The van der Waals surface area contributed by atoms with Crippen molar-refractivity contribution in [2.24, 2.45) is 0 Å². The van der Waals surface area contributed by atoms with Crippen molar-refractivity contribution in [3.8, 4) is 0 Å². The molecule has 0 saturated carbocycles. The largest absolute Gasteiger partial charge is 0.396 e. The topological polar surface area (TPSA) is 32.3 Å². The van der Waals surface area contributed by atoms with Crippen molar-refractivity contribution in [3.63, 3.8) is 0 Å². The van der Waals surface area contributed by atoms with Gasteiger partial charge in [-0.25, -0.2) is 0 Å². The molecule has 0 radical (unpaired) electrons. The maximum absolute atomic E-state index is 9.03. The van der Waals surface area contributed by atoms with E-state index in [2.05, 4.69) is 46.6 Å². The maximum Gasteiger partial charge on any atom is 0.0446 e. The highest BCUT2D eigenvalue weighted by Gasteiger charge is 2.12. The first-order valence-electron chi connectivity index (χ1n) is 5.78. The molecule has 0 fully saturated rings. The summed E-state index contributed by atoms with van der Waals surface area (Å²) in [4.78, 5) is 0. The second-order valence-electron chi connectivity index (χ2n) is 4.11. The molecule has 96 valence electrons. The van der Waals surface area contributed by atoms with Crippen LogP contribution >= 0.6 is 27.7 Å². The van der Waals surface area contributed by atoms with Crippen LogP contribution in [0.3, 0.4) is 0 Å². The predicted octanol–water partition coefficient (Wildman–Crippen LogP) is 3.21. The molecular formula is C13H20BrNOS. The lowest BCUT2D eigenvalue weighted by molar-refractivity contribution is 0.265. The van der Waals surface area contributed by atoms with Crippen molar-refractivity contribution in [3.05, 3.63) is 34.3 Å². The third-order valence-corrected chi connectivity index (χ3v) is 3.91. The van der Waals surface area contributed by atoms with Gasteiger partial charge in [-0.05, 0) is 37.3 Å². The zero-order valence-electron chi connectivity index (χ0n) is 10.3. The zero-order valence-corrected chi connectivity index (χ0v) is 12.7. The highest BCUT2D eigenvalue weighted by Crippen LogP contribution is 2.19. The van der Waals surface area contributed by atoms with Gasteiger partial charge in [0.2, 0.25) is 0 Å². The number of hydrogen-bond donors (Lipinski definition) is 2. The highest BCUT2D eigenvalue weighted by molar-refractivity contribution is 9.10. The lowest BCUT2D eigenvalue weighted by Gasteiger charge is -2.22. The maximum atomic E-state index is 9.03. The number of thioether (sulfide) groups is 1. The van der Waals surface area contributed by atoms with Gasteiger partial charge in [-0.15, -0.1) is 0 Å². The summed E-state index contributed by atoms with van der Waals surface area (Å²) in [6.45, 7) is 2.40. The molecule has 2 N–H and O–H groups in total. The Bertz CT molecular complexity index is 329. The molecule has 0 amide bonds. The van der Waals surface area contributed by atoms with Gasteiger partial charge >= 0.3 is 0 Å². The third-order valence-electron chi connectivity index (χ3n) is 2.68. The van der Waals surface area contributed by atoms with E-state index in [1.165, 1.54) is 5.56 Å². The molecule has 2 nitrogen and oxygen atoms in total. The Morgan fingerprint density at radius 3 is 2.82 bits per heavy atom. The van der Waals surface area contributed by atoms with Crippen molar-refractivity contribution in [1.29, 1.82) is 0 Å². The van der Waals surface area contributed by atoms with E-state index in [-0.39, 0.29) is 6.61 Å².